The number of hydrogen-bond donors (Lipinski definition) is 1. The van der Waals surface area contributed by atoms with Crippen molar-refractivity contribution in [1.82, 2.24) is 9.78 Å². The molecule has 3 aromatic rings. The highest BCUT2D eigenvalue weighted by Gasteiger charge is 2.31. The second kappa shape index (κ2) is 7.10. The van der Waals surface area contributed by atoms with E-state index in [1.807, 2.05) is 0 Å². The Labute approximate surface area is 151 Å². The quantitative estimate of drug-likeness (QED) is 0.526. The summed E-state index contributed by atoms with van der Waals surface area (Å²) >= 11 is 0. The van der Waals surface area contributed by atoms with Crippen molar-refractivity contribution in [3.05, 3.63) is 59.9 Å². The summed E-state index contributed by atoms with van der Waals surface area (Å²) < 4.78 is 56.2. The molecule has 2 aromatic carbocycles. The molecule has 1 N–H and O–H groups in total. The van der Waals surface area contributed by atoms with E-state index in [2.05, 4.69) is 15.2 Å². The van der Waals surface area contributed by atoms with Gasteiger partial charge in [0.05, 0.1) is 11.4 Å². The Kier molecular flexibility index (Phi) is 4.85. The second-order valence-electron chi connectivity index (χ2n) is 5.60. The smallest absolute Gasteiger partial charge is 0.406 e. The molecule has 1 aromatic heterocycles. The maximum atomic E-state index is 13.4. The van der Waals surface area contributed by atoms with Gasteiger partial charge in [-0.1, -0.05) is 12.1 Å². The fourth-order valence-corrected chi connectivity index (χ4v) is 2.61. The lowest BCUT2D eigenvalue weighted by Crippen LogP contribution is -2.17. The van der Waals surface area contributed by atoms with Gasteiger partial charge >= 0.3 is 6.36 Å². The van der Waals surface area contributed by atoms with Crippen LogP contribution >= 0.6 is 0 Å². The maximum absolute atomic E-state index is 13.4. The molecule has 0 bridgehead atoms. The molecule has 1 amide bonds. The molecule has 0 aliphatic heterocycles. The van der Waals surface area contributed by atoms with Gasteiger partial charge in [-0.2, -0.15) is 0 Å². The van der Waals surface area contributed by atoms with Crippen molar-refractivity contribution in [2.45, 2.75) is 13.3 Å². The van der Waals surface area contributed by atoms with Crippen LogP contribution in [0.1, 0.15) is 5.56 Å². The van der Waals surface area contributed by atoms with Crippen LogP contribution in [0.25, 0.3) is 16.9 Å². The first-order valence-corrected chi connectivity index (χ1v) is 7.70. The van der Waals surface area contributed by atoms with Gasteiger partial charge in [-0.15, -0.1) is 18.3 Å². The Bertz CT molecular complexity index is 983. The Balaban J connectivity index is 2.12. The summed E-state index contributed by atoms with van der Waals surface area (Å²) in [5.74, 6) is -0.642. The topological polar surface area (TPSA) is 56.2 Å². The normalized spacial score (nSPS) is 11.3. The molecular weight excluding hydrogens is 366 g/mol. The van der Waals surface area contributed by atoms with Gasteiger partial charge < -0.3 is 10.1 Å². The lowest BCUT2D eigenvalue weighted by molar-refractivity contribution is -0.274. The number of alkyl halides is 3. The molecule has 140 valence electrons. The SMILES string of the molecule is Cc1cc(F)ccc1-n1nc(NC=O)cc1-c1cccc(OC(F)(F)F)c1. The highest BCUT2D eigenvalue weighted by Crippen LogP contribution is 2.31. The van der Waals surface area contributed by atoms with Crippen LogP contribution in [-0.4, -0.2) is 22.6 Å². The van der Waals surface area contributed by atoms with Crippen LogP contribution in [0.5, 0.6) is 5.75 Å². The minimum absolute atomic E-state index is 0.186. The maximum Gasteiger partial charge on any atom is 0.573 e. The lowest BCUT2D eigenvalue weighted by Gasteiger charge is -2.12. The first-order chi connectivity index (χ1) is 12.8. The fourth-order valence-electron chi connectivity index (χ4n) is 2.61. The largest absolute Gasteiger partial charge is 0.573 e. The molecule has 0 aliphatic carbocycles. The van der Waals surface area contributed by atoms with E-state index in [4.69, 9.17) is 0 Å². The summed E-state index contributed by atoms with van der Waals surface area (Å²) in [6.45, 7) is 1.67. The number of halogens is 4. The van der Waals surface area contributed by atoms with Crippen molar-refractivity contribution in [2.75, 3.05) is 5.32 Å². The molecule has 0 saturated heterocycles. The number of carbonyl (C=O) groups is 1. The number of aryl methyl sites for hydroxylation is 1. The van der Waals surface area contributed by atoms with Crippen molar-refractivity contribution >= 4 is 12.2 Å². The van der Waals surface area contributed by atoms with Crippen LogP contribution in [0.3, 0.4) is 0 Å². The fraction of sp³-hybridized carbons (Fsp3) is 0.111. The predicted octanol–water partition coefficient (Wildman–Crippen LogP) is 4.45. The third kappa shape index (κ3) is 4.25. The van der Waals surface area contributed by atoms with Crippen LogP contribution in [-0.2, 0) is 4.79 Å². The lowest BCUT2D eigenvalue weighted by atomic mass is 10.1. The van der Waals surface area contributed by atoms with E-state index in [0.717, 1.165) is 0 Å². The van der Waals surface area contributed by atoms with Crippen LogP contribution in [0.4, 0.5) is 23.4 Å². The first kappa shape index (κ1) is 18.4. The zero-order valence-electron chi connectivity index (χ0n) is 13.9. The van der Waals surface area contributed by atoms with Crippen molar-refractivity contribution in [1.29, 1.82) is 0 Å². The third-order valence-corrected chi connectivity index (χ3v) is 3.67. The number of amides is 1. The molecule has 0 fully saturated rings. The Morgan fingerprint density at radius 2 is 1.93 bits per heavy atom. The number of nitrogens with one attached hydrogen (secondary N) is 1. The van der Waals surface area contributed by atoms with Crippen molar-refractivity contribution < 1.29 is 27.1 Å². The zero-order valence-corrected chi connectivity index (χ0v) is 13.9. The summed E-state index contributed by atoms with van der Waals surface area (Å²) in [5.41, 5.74) is 1.82. The minimum Gasteiger partial charge on any atom is -0.406 e. The number of rotatable bonds is 5. The van der Waals surface area contributed by atoms with Gasteiger partial charge in [0.25, 0.3) is 0 Å². The first-order valence-electron chi connectivity index (χ1n) is 7.70. The zero-order chi connectivity index (χ0) is 19.6. The van der Waals surface area contributed by atoms with Crippen molar-refractivity contribution in [2.24, 2.45) is 0 Å². The second-order valence-corrected chi connectivity index (χ2v) is 5.60. The summed E-state index contributed by atoms with van der Waals surface area (Å²) in [5, 5.41) is 6.62. The average Bonchev–Trinajstić information content (AvgIpc) is 2.97. The highest BCUT2D eigenvalue weighted by atomic mass is 19.4. The monoisotopic (exact) mass is 379 g/mol. The van der Waals surface area contributed by atoms with E-state index in [-0.39, 0.29) is 5.82 Å². The summed E-state index contributed by atoms with van der Waals surface area (Å²) in [6.07, 6.45) is -4.40. The van der Waals surface area contributed by atoms with E-state index < -0.39 is 17.9 Å². The number of carbonyl (C=O) groups excluding carboxylic acids is 1. The number of nitrogens with zero attached hydrogens (tertiary/aromatic N) is 2. The van der Waals surface area contributed by atoms with Crippen molar-refractivity contribution in [3.63, 3.8) is 0 Å². The predicted molar refractivity (Wildman–Crippen MR) is 90.1 cm³/mol. The van der Waals surface area contributed by atoms with Crippen molar-refractivity contribution in [3.8, 4) is 22.7 Å². The molecule has 0 atom stereocenters. The molecule has 0 saturated carbocycles. The highest BCUT2D eigenvalue weighted by molar-refractivity contribution is 5.74. The number of benzene rings is 2. The average molecular weight is 379 g/mol. The number of ether oxygens (including phenoxy) is 1. The van der Waals surface area contributed by atoms with Crippen LogP contribution < -0.4 is 10.1 Å². The molecule has 0 aliphatic rings. The van der Waals surface area contributed by atoms with Gasteiger partial charge in [0.15, 0.2) is 5.82 Å². The molecule has 9 heteroatoms. The van der Waals surface area contributed by atoms with Gasteiger partial charge in [-0.3, -0.25) is 4.79 Å². The minimum atomic E-state index is -4.82. The molecule has 3 rings (SSSR count). The summed E-state index contributed by atoms with van der Waals surface area (Å²) in [6, 6.07) is 10.9. The Hall–Kier alpha value is -3.36. The third-order valence-electron chi connectivity index (χ3n) is 3.67. The van der Waals surface area contributed by atoms with E-state index in [0.29, 0.717) is 28.9 Å². The van der Waals surface area contributed by atoms with E-state index in [1.54, 1.807) is 13.0 Å². The summed E-state index contributed by atoms with van der Waals surface area (Å²) in [7, 11) is 0. The summed E-state index contributed by atoms with van der Waals surface area (Å²) in [4.78, 5) is 10.7. The van der Waals surface area contributed by atoms with Gasteiger partial charge in [-0.05, 0) is 42.8 Å². The van der Waals surface area contributed by atoms with E-state index >= 15 is 0 Å². The van der Waals surface area contributed by atoms with Gasteiger partial charge in [-0.25, -0.2) is 9.07 Å². The molecule has 0 unspecified atom stereocenters. The van der Waals surface area contributed by atoms with Crippen LogP contribution in [0.2, 0.25) is 0 Å². The van der Waals surface area contributed by atoms with E-state index in [1.165, 1.54) is 47.1 Å². The van der Waals surface area contributed by atoms with Gasteiger partial charge in [0, 0.05) is 11.6 Å². The Morgan fingerprint density at radius 3 is 2.59 bits per heavy atom. The van der Waals surface area contributed by atoms with Gasteiger partial charge in [0.1, 0.15) is 11.6 Å². The number of anilines is 1. The molecule has 0 spiro atoms. The molecule has 27 heavy (non-hydrogen) atoms. The number of hydrogen-bond acceptors (Lipinski definition) is 3. The standard InChI is InChI=1S/C18H13F4N3O2/c1-11-7-13(19)5-6-15(11)25-16(9-17(24-25)23-10-26)12-3-2-4-14(8-12)27-18(20,21)22/h2-10H,1H3,(H,23,24,26). The van der Waals surface area contributed by atoms with Crippen LogP contribution in [0.15, 0.2) is 48.5 Å². The van der Waals surface area contributed by atoms with E-state index in [9.17, 15) is 22.4 Å². The molecular formula is C18H13F4N3O2. The molecule has 0 radical (unpaired) electrons. The molecule has 1 heterocycles. The van der Waals surface area contributed by atoms with Gasteiger partial charge in [0.2, 0.25) is 6.41 Å². The molecule has 5 nitrogen and oxygen atoms in total. The number of aromatic nitrogens is 2. The Morgan fingerprint density at radius 1 is 1.15 bits per heavy atom. The van der Waals surface area contributed by atoms with Crippen LogP contribution in [0, 0.1) is 12.7 Å².